The number of nitrogens with zero attached hydrogens (tertiary/aromatic N) is 2. The first-order valence-corrected chi connectivity index (χ1v) is 4.51. The van der Waals surface area contributed by atoms with Crippen LogP contribution in [0.25, 0.3) is 0 Å². The highest BCUT2D eigenvalue weighted by atomic mass is 79.9. The summed E-state index contributed by atoms with van der Waals surface area (Å²) in [5.41, 5.74) is 0. The van der Waals surface area contributed by atoms with E-state index in [1.165, 1.54) is 0 Å². The summed E-state index contributed by atoms with van der Waals surface area (Å²) in [5, 5.41) is 3.34. The number of carbonyl (C=O) groups is 1. The van der Waals surface area contributed by atoms with Gasteiger partial charge in [-0.1, -0.05) is 22.9 Å². The summed E-state index contributed by atoms with van der Waals surface area (Å²) in [4.78, 5) is 11.3. The average Bonchev–Trinajstić information content (AvgIpc) is 2.00. The Bertz CT molecular complexity index is 138. The van der Waals surface area contributed by atoms with Gasteiger partial charge in [0.1, 0.15) is 0 Å². The molecule has 0 rings (SSSR count). The smallest absolute Gasteiger partial charge is 0.250 e. The molecule has 0 spiro atoms. The zero-order valence-corrected chi connectivity index (χ0v) is 9.05. The lowest BCUT2D eigenvalue weighted by Crippen LogP contribution is -2.42. The first kappa shape index (κ1) is 10.9. The van der Waals surface area contributed by atoms with Crippen molar-refractivity contribution < 1.29 is 4.79 Å². The van der Waals surface area contributed by atoms with E-state index in [0.717, 1.165) is 6.42 Å². The Labute approximate surface area is 76.4 Å². The van der Waals surface area contributed by atoms with Gasteiger partial charge in [-0.2, -0.15) is 0 Å². The number of hydrogen-bond donors (Lipinski definition) is 0. The molecule has 1 atom stereocenters. The van der Waals surface area contributed by atoms with E-state index in [1.54, 1.807) is 17.1 Å². The van der Waals surface area contributed by atoms with E-state index >= 15 is 0 Å². The molecule has 0 aliphatic carbocycles. The Balaban J connectivity index is 4.02. The standard InChI is InChI=1S/C7H15BrN2O/c1-5-6(8)7(11)10(4)9(2)3/h6H,5H2,1-4H3. The monoisotopic (exact) mass is 222 g/mol. The Morgan fingerprint density at radius 2 is 1.91 bits per heavy atom. The highest BCUT2D eigenvalue weighted by Gasteiger charge is 2.17. The fourth-order valence-corrected chi connectivity index (χ4v) is 0.871. The molecular formula is C7H15BrN2O. The molecule has 0 aromatic rings. The van der Waals surface area contributed by atoms with Crippen molar-refractivity contribution in [3.63, 3.8) is 0 Å². The Hall–Kier alpha value is -0.0900. The lowest BCUT2D eigenvalue weighted by Gasteiger charge is -2.25. The molecule has 3 nitrogen and oxygen atoms in total. The molecular weight excluding hydrogens is 208 g/mol. The predicted octanol–water partition coefficient (Wildman–Crippen LogP) is 1.09. The number of halogens is 1. The number of alkyl halides is 1. The molecule has 0 aliphatic rings. The van der Waals surface area contributed by atoms with Crippen LogP contribution in [0.3, 0.4) is 0 Å². The third-order valence-electron chi connectivity index (χ3n) is 1.55. The SMILES string of the molecule is CCC(Br)C(=O)N(C)N(C)C. The second-order valence-electron chi connectivity index (χ2n) is 2.58. The van der Waals surface area contributed by atoms with Crippen LogP contribution in [-0.4, -0.2) is 41.9 Å². The van der Waals surface area contributed by atoms with Crippen LogP contribution >= 0.6 is 15.9 Å². The molecule has 66 valence electrons. The molecule has 0 aromatic heterocycles. The molecule has 1 unspecified atom stereocenters. The number of amides is 1. The Kier molecular flexibility index (Phi) is 4.68. The van der Waals surface area contributed by atoms with Gasteiger partial charge in [0.25, 0.3) is 0 Å². The molecule has 0 heterocycles. The normalized spacial score (nSPS) is 13.3. The molecule has 4 heteroatoms. The van der Waals surface area contributed by atoms with Gasteiger partial charge in [-0.3, -0.25) is 9.80 Å². The molecule has 0 aliphatic heterocycles. The largest absolute Gasteiger partial charge is 0.278 e. The molecule has 0 radical (unpaired) electrons. The third kappa shape index (κ3) is 3.20. The lowest BCUT2D eigenvalue weighted by atomic mass is 10.3. The highest BCUT2D eigenvalue weighted by Crippen LogP contribution is 2.07. The van der Waals surface area contributed by atoms with Crippen molar-refractivity contribution in [1.82, 2.24) is 10.0 Å². The van der Waals surface area contributed by atoms with E-state index < -0.39 is 0 Å². The molecule has 0 saturated carbocycles. The maximum Gasteiger partial charge on any atom is 0.250 e. The maximum absolute atomic E-state index is 11.4. The van der Waals surface area contributed by atoms with Gasteiger partial charge in [-0.05, 0) is 6.42 Å². The first-order chi connectivity index (χ1) is 5.00. The maximum atomic E-state index is 11.4. The fourth-order valence-electron chi connectivity index (χ4n) is 0.574. The van der Waals surface area contributed by atoms with E-state index in [4.69, 9.17) is 0 Å². The van der Waals surface area contributed by atoms with Crippen molar-refractivity contribution in [1.29, 1.82) is 0 Å². The van der Waals surface area contributed by atoms with Crippen molar-refractivity contribution in [3.8, 4) is 0 Å². The minimum absolute atomic E-state index is 0.0603. The van der Waals surface area contributed by atoms with Gasteiger partial charge in [0, 0.05) is 21.1 Å². The second kappa shape index (κ2) is 4.72. The van der Waals surface area contributed by atoms with Crippen LogP contribution in [0.4, 0.5) is 0 Å². The van der Waals surface area contributed by atoms with E-state index in [1.807, 2.05) is 21.0 Å². The van der Waals surface area contributed by atoms with Gasteiger partial charge in [-0.25, -0.2) is 5.01 Å². The molecule has 0 bridgehead atoms. The number of carbonyl (C=O) groups excluding carboxylic acids is 1. The molecule has 11 heavy (non-hydrogen) atoms. The molecule has 0 fully saturated rings. The lowest BCUT2D eigenvalue weighted by molar-refractivity contribution is -0.140. The van der Waals surface area contributed by atoms with Crippen LogP contribution in [0.15, 0.2) is 0 Å². The van der Waals surface area contributed by atoms with E-state index in [0.29, 0.717) is 0 Å². The average molecular weight is 223 g/mol. The van der Waals surface area contributed by atoms with Crippen molar-refractivity contribution in [2.24, 2.45) is 0 Å². The van der Waals surface area contributed by atoms with Gasteiger partial charge in [0.05, 0.1) is 4.83 Å². The van der Waals surface area contributed by atoms with Crippen molar-refractivity contribution in [2.45, 2.75) is 18.2 Å². The Morgan fingerprint density at radius 3 is 2.18 bits per heavy atom. The van der Waals surface area contributed by atoms with Crippen LogP contribution in [-0.2, 0) is 4.79 Å². The summed E-state index contributed by atoms with van der Waals surface area (Å²) in [6.45, 7) is 1.97. The summed E-state index contributed by atoms with van der Waals surface area (Å²) < 4.78 is 0. The molecule has 0 saturated heterocycles. The van der Waals surface area contributed by atoms with Crippen molar-refractivity contribution in [3.05, 3.63) is 0 Å². The summed E-state index contributed by atoms with van der Waals surface area (Å²) in [6.07, 6.45) is 0.816. The second-order valence-corrected chi connectivity index (χ2v) is 3.69. The van der Waals surface area contributed by atoms with Crippen LogP contribution in [0.1, 0.15) is 13.3 Å². The fraction of sp³-hybridized carbons (Fsp3) is 0.857. The van der Waals surface area contributed by atoms with Crippen LogP contribution in [0, 0.1) is 0 Å². The van der Waals surface area contributed by atoms with E-state index in [2.05, 4.69) is 15.9 Å². The quantitative estimate of drug-likeness (QED) is 0.528. The van der Waals surface area contributed by atoms with E-state index in [9.17, 15) is 4.79 Å². The van der Waals surface area contributed by atoms with Crippen LogP contribution < -0.4 is 0 Å². The van der Waals surface area contributed by atoms with Gasteiger partial charge in [0.2, 0.25) is 5.91 Å². The predicted molar refractivity (Wildman–Crippen MR) is 49.5 cm³/mol. The van der Waals surface area contributed by atoms with E-state index in [-0.39, 0.29) is 10.7 Å². The summed E-state index contributed by atoms with van der Waals surface area (Å²) in [6, 6.07) is 0. The first-order valence-electron chi connectivity index (χ1n) is 3.59. The molecule has 0 N–H and O–H groups in total. The Morgan fingerprint density at radius 1 is 1.45 bits per heavy atom. The summed E-state index contributed by atoms with van der Waals surface area (Å²) in [5.74, 6) is 0.0949. The van der Waals surface area contributed by atoms with Crippen molar-refractivity contribution in [2.75, 3.05) is 21.1 Å². The number of hydrazine groups is 1. The topological polar surface area (TPSA) is 23.6 Å². The third-order valence-corrected chi connectivity index (χ3v) is 2.58. The zero-order valence-electron chi connectivity index (χ0n) is 7.47. The highest BCUT2D eigenvalue weighted by molar-refractivity contribution is 9.10. The molecule has 1 amide bonds. The van der Waals surface area contributed by atoms with Crippen LogP contribution in [0.5, 0.6) is 0 Å². The zero-order chi connectivity index (χ0) is 9.02. The van der Waals surface area contributed by atoms with Crippen LogP contribution in [0.2, 0.25) is 0 Å². The number of rotatable bonds is 3. The van der Waals surface area contributed by atoms with Crippen molar-refractivity contribution >= 4 is 21.8 Å². The number of hydrogen-bond acceptors (Lipinski definition) is 2. The van der Waals surface area contributed by atoms with Gasteiger partial charge < -0.3 is 0 Å². The molecule has 0 aromatic carbocycles. The van der Waals surface area contributed by atoms with Gasteiger partial charge in [-0.15, -0.1) is 0 Å². The minimum atomic E-state index is -0.0603. The summed E-state index contributed by atoms with van der Waals surface area (Å²) in [7, 11) is 5.44. The van der Waals surface area contributed by atoms with Gasteiger partial charge in [0.15, 0.2) is 0 Å². The van der Waals surface area contributed by atoms with Gasteiger partial charge >= 0.3 is 0 Å². The summed E-state index contributed by atoms with van der Waals surface area (Å²) >= 11 is 3.29. The minimum Gasteiger partial charge on any atom is -0.278 e.